The SMILES string of the molecule is CC.CC(C)c1cccc(=O)n1C.Cc1ncccc1C(C)C. The van der Waals surface area contributed by atoms with Gasteiger partial charge in [0.05, 0.1) is 0 Å². The zero-order valence-electron chi connectivity index (χ0n) is 15.9. The van der Waals surface area contributed by atoms with Crippen LogP contribution in [-0.2, 0) is 7.05 Å². The average Bonchev–Trinajstić information content (AvgIpc) is 2.52. The van der Waals surface area contributed by atoms with E-state index in [0.717, 1.165) is 11.4 Å². The maximum absolute atomic E-state index is 11.1. The summed E-state index contributed by atoms with van der Waals surface area (Å²) in [6.45, 7) is 14.6. The molecule has 2 rings (SSSR count). The zero-order valence-corrected chi connectivity index (χ0v) is 15.9. The summed E-state index contributed by atoms with van der Waals surface area (Å²) in [5.74, 6) is 1.00. The van der Waals surface area contributed by atoms with Gasteiger partial charge in [-0.2, -0.15) is 0 Å². The number of hydrogen-bond acceptors (Lipinski definition) is 2. The number of aryl methyl sites for hydroxylation is 1. The van der Waals surface area contributed by atoms with E-state index in [1.54, 1.807) is 23.7 Å². The third-order valence-corrected chi connectivity index (χ3v) is 3.49. The summed E-state index contributed by atoms with van der Waals surface area (Å²) in [5.41, 5.74) is 3.65. The molecule has 23 heavy (non-hydrogen) atoms. The monoisotopic (exact) mass is 316 g/mol. The Hall–Kier alpha value is -1.90. The van der Waals surface area contributed by atoms with E-state index < -0.39 is 0 Å². The second-order valence-electron chi connectivity index (χ2n) is 5.84. The van der Waals surface area contributed by atoms with Crippen molar-refractivity contribution in [2.24, 2.45) is 7.05 Å². The van der Waals surface area contributed by atoms with Crippen LogP contribution in [0.4, 0.5) is 0 Å². The highest BCUT2D eigenvalue weighted by atomic mass is 16.1. The van der Waals surface area contributed by atoms with Crippen molar-refractivity contribution in [3.05, 3.63) is 63.8 Å². The Kier molecular flexibility index (Phi) is 9.87. The van der Waals surface area contributed by atoms with E-state index in [1.165, 1.54) is 5.56 Å². The Bertz CT molecular complexity index is 628. The van der Waals surface area contributed by atoms with E-state index in [1.807, 2.05) is 32.2 Å². The van der Waals surface area contributed by atoms with E-state index in [0.29, 0.717) is 11.8 Å². The molecule has 2 aromatic rings. The highest BCUT2D eigenvalue weighted by molar-refractivity contribution is 5.21. The minimum absolute atomic E-state index is 0.0659. The molecule has 0 atom stereocenters. The summed E-state index contributed by atoms with van der Waals surface area (Å²) in [5, 5.41) is 0. The van der Waals surface area contributed by atoms with Crippen molar-refractivity contribution in [2.75, 3.05) is 0 Å². The Morgan fingerprint density at radius 3 is 1.96 bits per heavy atom. The van der Waals surface area contributed by atoms with Gasteiger partial charge in [-0.15, -0.1) is 0 Å². The highest BCUT2D eigenvalue weighted by Gasteiger charge is 2.02. The number of hydrogen-bond donors (Lipinski definition) is 0. The maximum Gasteiger partial charge on any atom is 0.250 e. The second kappa shape index (κ2) is 10.8. The molecule has 2 heterocycles. The van der Waals surface area contributed by atoms with Gasteiger partial charge in [0.15, 0.2) is 0 Å². The van der Waals surface area contributed by atoms with Crippen molar-refractivity contribution in [3.8, 4) is 0 Å². The molecule has 0 radical (unpaired) electrons. The molecule has 0 aliphatic carbocycles. The lowest BCUT2D eigenvalue weighted by molar-refractivity contribution is 0.707. The minimum Gasteiger partial charge on any atom is -0.315 e. The fourth-order valence-electron chi connectivity index (χ4n) is 2.27. The van der Waals surface area contributed by atoms with Crippen LogP contribution in [0.15, 0.2) is 41.3 Å². The standard InChI is InChI=1S/C9H13NO.C9H13N.C2H6/c1-7(2)8-5-4-6-9(11)10(8)3;1-7(2)9-5-4-6-10-8(9)3;1-2/h4-7H,1-3H3;4-7H,1-3H3;1-2H3. The first kappa shape index (κ1) is 21.1. The predicted octanol–water partition coefficient (Wildman–Crippen LogP) is 5.05. The van der Waals surface area contributed by atoms with Crippen LogP contribution >= 0.6 is 0 Å². The summed E-state index contributed by atoms with van der Waals surface area (Å²) in [6.07, 6.45) is 1.83. The fourth-order valence-corrected chi connectivity index (χ4v) is 2.27. The van der Waals surface area contributed by atoms with Crippen LogP contribution in [0.5, 0.6) is 0 Å². The van der Waals surface area contributed by atoms with Gasteiger partial charge in [0.25, 0.3) is 0 Å². The van der Waals surface area contributed by atoms with Gasteiger partial charge in [-0.1, -0.05) is 53.7 Å². The molecule has 0 amide bonds. The van der Waals surface area contributed by atoms with Crippen molar-refractivity contribution in [1.82, 2.24) is 9.55 Å². The normalized spacial score (nSPS) is 9.83. The van der Waals surface area contributed by atoms with Gasteiger partial charge >= 0.3 is 0 Å². The molecule has 2 aromatic heterocycles. The zero-order chi connectivity index (χ0) is 18.0. The summed E-state index contributed by atoms with van der Waals surface area (Å²) >= 11 is 0. The molecule has 3 nitrogen and oxygen atoms in total. The van der Waals surface area contributed by atoms with Crippen molar-refractivity contribution in [2.45, 2.75) is 60.3 Å². The Morgan fingerprint density at radius 2 is 1.57 bits per heavy atom. The fraction of sp³-hybridized carbons (Fsp3) is 0.500. The quantitative estimate of drug-likeness (QED) is 0.777. The molecule has 0 saturated heterocycles. The van der Waals surface area contributed by atoms with Crippen molar-refractivity contribution >= 4 is 0 Å². The summed E-state index contributed by atoms with van der Waals surface area (Å²) in [4.78, 5) is 15.3. The highest BCUT2D eigenvalue weighted by Crippen LogP contribution is 2.15. The molecule has 0 aliphatic heterocycles. The maximum atomic E-state index is 11.1. The first-order valence-electron chi connectivity index (χ1n) is 8.42. The van der Waals surface area contributed by atoms with E-state index in [2.05, 4.69) is 45.7 Å². The van der Waals surface area contributed by atoms with E-state index in [-0.39, 0.29) is 5.56 Å². The Balaban J connectivity index is 0.000000381. The summed E-state index contributed by atoms with van der Waals surface area (Å²) < 4.78 is 1.69. The van der Waals surface area contributed by atoms with E-state index >= 15 is 0 Å². The number of rotatable bonds is 2. The van der Waals surface area contributed by atoms with Crippen LogP contribution in [0.2, 0.25) is 0 Å². The second-order valence-corrected chi connectivity index (χ2v) is 5.84. The topological polar surface area (TPSA) is 34.9 Å². The molecule has 0 saturated carbocycles. The van der Waals surface area contributed by atoms with Gasteiger partial charge < -0.3 is 4.57 Å². The van der Waals surface area contributed by atoms with Crippen LogP contribution in [-0.4, -0.2) is 9.55 Å². The summed E-state index contributed by atoms with van der Waals surface area (Å²) in [7, 11) is 1.80. The van der Waals surface area contributed by atoms with Gasteiger partial charge in [-0.25, -0.2) is 0 Å². The average molecular weight is 316 g/mol. The number of pyridine rings is 2. The molecule has 0 spiro atoms. The van der Waals surface area contributed by atoms with Crippen LogP contribution in [0.25, 0.3) is 0 Å². The molecule has 0 fully saturated rings. The lowest BCUT2D eigenvalue weighted by Crippen LogP contribution is -2.19. The van der Waals surface area contributed by atoms with Crippen molar-refractivity contribution < 1.29 is 0 Å². The molecule has 0 bridgehead atoms. The Labute approximate surface area is 141 Å². The van der Waals surface area contributed by atoms with Gasteiger partial charge in [0.2, 0.25) is 5.56 Å². The molecule has 0 unspecified atom stereocenters. The van der Waals surface area contributed by atoms with E-state index in [9.17, 15) is 4.79 Å². The third kappa shape index (κ3) is 6.81. The first-order valence-corrected chi connectivity index (χ1v) is 8.42. The Morgan fingerprint density at radius 1 is 0.957 bits per heavy atom. The van der Waals surface area contributed by atoms with Gasteiger partial charge in [-0.3, -0.25) is 9.78 Å². The first-order chi connectivity index (χ1) is 10.8. The predicted molar refractivity (Wildman–Crippen MR) is 100 cm³/mol. The van der Waals surface area contributed by atoms with E-state index in [4.69, 9.17) is 0 Å². The van der Waals surface area contributed by atoms with Gasteiger partial charge in [-0.05, 0) is 36.5 Å². The van der Waals surface area contributed by atoms with Crippen molar-refractivity contribution in [3.63, 3.8) is 0 Å². The van der Waals surface area contributed by atoms with Crippen LogP contribution in [0.1, 0.15) is 70.3 Å². The van der Waals surface area contributed by atoms with Crippen LogP contribution in [0, 0.1) is 6.92 Å². The summed E-state index contributed by atoms with van der Waals surface area (Å²) in [6, 6.07) is 9.48. The molecule has 0 aliphatic rings. The molecule has 0 aromatic carbocycles. The van der Waals surface area contributed by atoms with Gasteiger partial charge in [0, 0.05) is 30.7 Å². The molecule has 3 heteroatoms. The lowest BCUT2D eigenvalue weighted by atomic mass is 10.0. The molecular formula is C20H32N2O. The number of nitrogens with zero attached hydrogens (tertiary/aromatic N) is 2. The lowest BCUT2D eigenvalue weighted by Gasteiger charge is -2.09. The molecule has 0 N–H and O–H groups in total. The third-order valence-electron chi connectivity index (χ3n) is 3.49. The van der Waals surface area contributed by atoms with Crippen molar-refractivity contribution in [1.29, 1.82) is 0 Å². The number of aromatic nitrogens is 2. The van der Waals surface area contributed by atoms with Crippen LogP contribution in [0.3, 0.4) is 0 Å². The molecular weight excluding hydrogens is 284 g/mol. The largest absolute Gasteiger partial charge is 0.315 e. The van der Waals surface area contributed by atoms with Gasteiger partial charge in [0.1, 0.15) is 0 Å². The molecule has 128 valence electrons. The van der Waals surface area contributed by atoms with Crippen LogP contribution < -0.4 is 5.56 Å². The smallest absolute Gasteiger partial charge is 0.250 e. The minimum atomic E-state index is 0.0659.